The first kappa shape index (κ1) is 38.0. The minimum absolute atomic E-state index is 0.00708. The molecule has 0 aromatic heterocycles. The van der Waals surface area contributed by atoms with Crippen molar-refractivity contribution in [3.63, 3.8) is 0 Å². The molecule has 0 aromatic carbocycles. The van der Waals surface area contributed by atoms with Gasteiger partial charge >= 0.3 is 0 Å². The summed E-state index contributed by atoms with van der Waals surface area (Å²) in [6.07, 6.45) is 13.8. The molecule has 0 heterocycles. The number of aldehydes is 1. The lowest BCUT2D eigenvalue weighted by Gasteiger charge is -2.73. The van der Waals surface area contributed by atoms with E-state index < -0.39 is 16.6 Å². The van der Waals surface area contributed by atoms with Gasteiger partial charge in [-0.1, -0.05) is 81.4 Å². The molecule has 5 heteroatoms. The Balaban J connectivity index is 1.53. The summed E-state index contributed by atoms with van der Waals surface area (Å²) in [7, 11) is -3.92. The van der Waals surface area contributed by atoms with Gasteiger partial charge in [-0.3, -0.25) is 0 Å². The van der Waals surface area contributed by atoms with E-state index >= 15 is 0 Å². The zero-order chi connectivity index (χ0) is 35.4. The summed E-state index contributed by atoms with van der Waals surface area (Å²) in [5.74, 6) is 2.91. The van der Waals surface area contributed by atoms with Crippen LogP contribution in [-0.4, -0.2) is 35.6 Å². The molecule has 5 rings (SSSR count). The van der Waals surface area contributed by atoms with Crippen LogP contribution in [0, 0.1) is 56.7 Å². The highest BCUT2D eigenvalue weighted by molar-refractivity contribution is 6.74. The molecule has 0 spiro atoms. The van der Waals surface area contributed by atoms with E-state index in [1.54, 1.807) is 0 Å². The predicted octanol–water partition coefficient (Wildman–Crippen LogP) is 12.2. The van der Waals surface area contributed by atoms with E-state index in [1.165, 1.54) is 50.4 Å². The number of hydrogen-bond donors (Lipinski definition) is 0. The van der Waals surface area contributed by atoms with Gasteiger partial charge in [-0.2, -0.15) is 0 Å². The van der Waals surface area contributed by atoms with E-state index in [4.69, 9.17) is 8.85 Å². The maximum atomic E-state index is 12.9. The topological polar surface area (TPSA) is 35.5 Å². The fourth-order valence-corrected chi connectivity index (χ4v) is 15.2. The molecule has 11 atom stereocenters. The van der Waals surface area contributed by atoms with Crippen LogP contribution in [0.25, 0.3) is 0 Å². The Morgan fingerprint density at radius 2 is 1.38 bits per heavy atom. The van der Waals surface area contributed by atoms with Crippen LogP contribution in [0.2, 0.25) is 36.3 Å². The normalized spacial score (nSPS) is 45.8. The fraction of sp³-hybridized carbons (Fsp3) is 0.929. The quantitative estimate of drug-likeness (QED) is 0.152. The van der Waals surface area contributed by atoms with Crippen molar-refractivity contribution in [1.82, 2.24) is 0 Å². The SMILES string of the molecule is C=C(C)C1CC[C@]2(C=O)CC[C@]3(C)C(CCC4[C@@]5(C)CC[C@H](O[Si](C)(C)C(C)(C)C)[C@@](C)(CO[Si](C)(C)C(C)(C)C)C5CC[C@]43C)C12. The van der Waals surface area contributed by atoms with Crippen molar-refractivity contribution in [2.45, 2.75) is 183 Å². The van der Waals surface area contributed by atoms with Gasteiger partial charge in [-0.15, -0.1) is 0 Å². The maximum Gasteiger partial charge on any atom is 0.192 e. The summed E-state index contributed by atoms with van der Waals surface area (Å²) in [4.78, 5) is 12.9. The lowest BCUT2D eigenvalue weighted by molar-refractivity contribution is -0.250. The first-order chi connectivity index (χ1) is 21.3. The van der Waals surface area contributed by atoms with E-state index in [2.05, 4.69) is 109 Å². The van der Waals surface area contributed by atoms with Crippen LogP contribution in [0.5, 0.6) is 0 Å². The minimum Gasteiger partial charge on any atom is -0.416 e. The van der Waals surface area contributed by atoms with E-state index in [0.29, 0.717) is 29.6 Å². The summed E-state index contributed by atoms with van der Waals surface area (Å²) in [6.45, 7) is 42.4. The highest BCUT2D eigenvalue weighted by Crippen LogP contribution is 2.77. The molecular formula is C42H76O3Si2. The molecule has 0 bridgehead atoms. The van der Waals surface area contributed by atoms with Crippen molar-refractivity contribution in [3.05, 3.63) is 12.2 Å². The monoisotopic (exact) mass is 685 g/mol. The highest BCUT2D eigenvalue weighted by atomic mass is 28.4. The Bertz CT molecular complexity index is 1230. The third-order valence-corrected chi connectivity index (χ3v) is 26.9. The summed E-state index contributed by atoms with van der Waals surface area (Å²) in [5.41, 5.74) is 2.02. The highest BCUT2D eigenvalue weighted by Gasteiger charge is 2.71. The van der Waals surface area contributed by atoms with E-state index in [-0.39, 0.29) is 43.3 Å². The van der Waals surface area contributed by atoms with Crippen LogP contribution >= 0.6 is 0 Å². The third kappa shape index (κ3) is 5.54. The molecule has 0 aliphatic heterocycles. The van der Waals surface area contributed by atoms with Crippen LogP contribution in [0.15, 0.2) is 12.2 Å². The van der Waals surface area contributed by atoms with Crippen molar-refractivity contribution in [2.75, 3.05) is 6.61 Å². The Labute approximate surface area is 293 Å². The van der Waals surface area contributed by atoms with Crippen LogP contribution in [0.4, 0.5) is 0 Å². The minimum atomic E-state index is -1.98. The second-order valence-electron chi connectivity index (χ2n) is 22.0. The van der Waals surface area contributed by atoms with Gasteiger partial charge in [-0.05, 0) is 153 Å². The van der Waals surface area contributed by atoms with E-state index in [1.807, 2.05) is 0 Å². The summed E-state index contributed by atoms with van der Waals surface area (Å²) >= 11 is 0. The zero-order valence-electron chi connectivity index (χ0n) is 33.8. The number of hydrogen-bond acceptors (Lipinski definition) is 3. The van der Waals surface area contributed by atoms with Crippen LogP contribution in [0.3, 0.4) is 0 Å². The van der Waals surface area contributed by atoms with Gasteiger partial charge in [0, 0.05) is 17.4 Å². The van der Waals surface area contributed by atoms with Gasteiger partial charge in [0.25, 0.3) is 0 Å². The number of allylic oxidation sites excluding steroid dienone is 1. The van der Waals surface area contributed by atoms with Crippen molar-refractivity contribution in [1.29, 1.82) is 0 Å². The Morgan fingerprint density at radius 3 is 1.94 bits per heavy atom. The maximum absolute atomic E-state index is 12.9. The zero-order valence-corrected chi connectivity index (χ0v) is 35.8. The molecule has 5 fully saturated rings. The molecular weight excluding hydrogens is 609 g/mol. The molecule has 270 valence electrons. The lowest BCUT2D eigenvalue weighted by Crippen LogP contribution is -2.68. The van der Waals surface area contributed by atoms with Crippen LogP contribution in [0.1, 0.15) is 140 Å². The lowest BCUT2D eigenvalue weighted by atomic mass is 9.32. The van der Waals surface area contributed by atoms with Gasteiger partial charge in [-0.25, -0.2) is 0 Å². The second kappa shape index (κ2) is 11.6. The molecule has 0 aromatic rings. The largest absolute Gasteiger partial charge is 0.416 e. The first-order valence-corrected chi connectivity index (χ1v) is 25.5. The molecule has 47 heavy (non-hydrogen) atoms. The second-order valence-corrected chi connectivity index (χ2v) is 31.6. The van der Waals surface area contributed by atoms with Gasteiger partial charge in [0.2, 0.25) is 0 Å². The van der Waals surface area contributed by atoms with Crippen molar-refractivity contribution >= 4 is 22.9 Å². The van der Waals surface area contributed by atoms with Crippen molar-refractivity contribution in [3.8, 4) is 0 Å². The number of carbonyl (C=O) groups is 1. The fourth-order valence-electron chi connectivity index (χ4n) is 12.7. The summed E-state index contributed by atoms with van der Waals surface area (Å²) in [5, 5.41) is 0.376. The third-order valence-electron chi connectivity index (χ3n) is 17.9. The van der Waals surface area contributed by atoms with E-state index in [9.17, 15) is 4.79 Å². The molecule has 3 nitrogen and oxygen atoms in total. The molecule has 0 saturated heterocycles. The number of carbonyl (C=O) groups excluding carboxylic acids is 1. The Hall–Kier alpha value is -0.236. The molecule has 5 aliphatic rings. The molecule has 0 amide bonds. The molecule has 0 radical (unpaired) electrons. The van der Waals surface area contributed by atoms with Gasteiger partial charge in [0.05, 0.1) is 6.10 Å². The molecule has 0 N–H and O–H groups in total. The molecule has 5 saturated carbocycles. The molecule has 5 aliphatic carbocycles. The number of fused-ring (bicyclic) bond motifs is 7. The summed E-state index contributed by atoms with van der Waals surface area (Å²) < 4.78 is 14.8. The van der Waals surface area contributed by atoms with E-state index in [0.717, 1.165) is 32.3 Å². The molecule has 5 unspecified atom stereocenters. The average molecular weight is 685 g/mol. The van der Waals surface area contributed by atoms with Gasteiger partial charge < -0.3 is 13.6 Å². The van der Waals surface area contributed by atoms with Gasteiger partial charge in [0.15, 0.2) is 16.6 Å². The number of rotatable bonds is 7. The van der Waals surface area contributed by atoms with Crippen LogP contribution in [-0.2, 0) is 13.6 Å². The van der Waals surface area contributed by atoms with Crippen LogP contribution < -0.4 is 0 Å². The predicted molar refractivity (Wildman–Crippen MR) is 205 cm³/mol. The first-order valence-electron chi connectivity index (χ1n) is 19.7. The smallest absolute Gasteiger partial charge is 0.192 e. The van der Waals surface area contributed by atoms with Crippen molar-refractivity contribution in [2.24, 2.45) is 56.7 Å². The Morgan fingerprint density at radius 1 is 0.766 bits per heavy atom. The standard InChI is InChI=1S/C42H76O3Si2/c1-29(2)30-19-24-42(27-43)26-25-40(11)31(35(30)42)17-18-33-38(9)22-21-34(45-47(15,16)37(6,7)8)39(10,32(38)20-23-41(33,40)12)28-44-46(13,14)36(3,4)5/h27,30-35H,1,17-26,28H2,2-16H3/t30?,31?,32?,33?,34-,35?,38-,39-,40+,41+,42+/m0/s1. The summed E-state index contributed by atoms with van der Waals surface area (Å²) in [6, 6.07) is 0. The average Bonchev–Trinajstić information content (AvgIpc) is 3.33. The Kier molecular flexibility index (Phi) is 9.41. The van der Waals surface area contributed by atoms with Gasteiger partial charge in [0.1, 0.15) is 6.29 Å². The van der Waals surface area contributed by atoms with Crippen molar-refractivity contribution < 1.29 is 13.6 Å².